The molecular formula is C22H26BrN5O3. The Morgan fingerprint density at radius 3 is 2.77 bits per heavy atom. The largest absolute Gasteiger partial charge is 0.388 e. The van der Waals surface area contributed by atoms with Crippen molar-refractivity contribution in [2.45, 2.75) is 43.9 Å². The molecule has 8 nitrogen and oxygen atoms in total. The molecule has 9 heteroatoms. The van der Waals surface area contributed by atoms with Gasteiger partial charge in [-0.25, -0.2) is 9.97 Å². The maximum absolute atomic E-state index is 10.6. The molecule has 2 aromatic heterocycles. The minimum Gasteiger partial charge on any atom is -0.388 e. The van der Waals surface area contributed by atoms with E-state index < -0.39 is 24.5 Å². The van der Waals surface area contributed by atoms with E-state index in [1.807, 2.05) is 18.2 Å². The molecule has 0 radical (unpaired) electrons. The van der Waals surface area contributed by atoms with Gasteiger partial charge in [-0.15, -0.1) is 0 Å². The molecule has 0 unspecified atom stereocenters. The molecule has 5 N–H and O–H groups in total. The normalized spacial score (nSPS) is 23.8. The zero-order chi connectivity index (χ0) is 21.8. The van der Waals surface area contributed by atoms with Crippen LogP contribution in [0.1, 0.15) is 24.6 Å². The summed E-state index contributed by atoms with van der Waals surface area (Å²) in [4.78, 5) is 8.27. The average molecular weight is 488 g/mol. The van der Waals surface area contributed by atoms with Crippen molar-refractivity contribution in [3.63, 3.8) is 0 Å². The number of nitrogen functional groups attached to an aromatic ring is 1. The van der Waals surface area contributed by atoms with E-state index in [9.17, 15) is 10.2 Å². The molecule has 1 aromatic carbocycles. The monoisotopic (exact) mass is 487 g/mol. The van der Waals surface area contributed by atoms with Crippen molar-refractivity contribution in [3.8, 4) is 0 Å². The Balaban J connectivity index is 1.31. The van der Waals surface area contributed by atoms with E-state index in [1.54, 1.807) is 10.8 Å². The van der Waals surface area contributed by atoms with Crippen LogP contribution in [-0.2, 0) is 11.3 Å². The van der Waals surface area contributed by atoms with Crippen molar-refractivity contribution in [1.82, 2.24) is 19.9 Å². The van der Waals surface area contributed by atoms with Crippen molar-refractivity contribution in [3.05, 3.63) is 65.0 Å². The van der Waals surface area contributed by atoms with Crippen LogP contribution in [0.15, 0.2) is 59.5 Å². The number of nitrogens with zero attached hydrogens (tertiary/aromatic N) is 3. The van der Waals surface area contributed by atoms with Crippen LogP contribution in [0.2, 0.25) is 0 Å². The van der Waals surface area contributed by atoms with E-state index >= 15 is 0 Å². The highest BCUT2D eigenvalue weighted by atomic mass is 79.9. The maximum atomic E-state index is 10.6. The molecule has 1 saturated heterocycles. The molecule has 1 aliphatic heterocycles. The van der Waals surface area contributed by atoms with E-state index in [0.29, 0.717) is 27.7 Å². The van der Waals surface area contributed by atoms with Gasteiger partial charge in [0.1, 0.15) is 30.0 Å². The lowest BCUT2D eigenvalue weighted by atomic mass is 10.1. The molecule has 1 aliphatic rings. The Morgan fingerprint density at radius 2 is 1.97 bits per heavy atom. The zero-order valence-electron chi connectivity index (χ0n) is 16.9. The molecule has 0 spiro atoms. The number of nitrogens with one attached hydrogen (secondary N) is 1. The van der Waals surface area contributed by atoms with Crippen molar-refractivity contribution in [2.75, 3.05) is 12.3 Å². The molecule has 3 heterocycles. The van der Waals surface area contributed by atoms with Gasteiger partial charge in [-0.1, -0.05) is 42.5 Å². The van der Waals surface area contributed by atoms with Crippen molar-refractivity contribution in [1.29, 1.82) is 0 Å². The van der Waals surface area contributed by atoms with E-state index in [1.165, 1.54) is 11.9 Å². The summed E-state index contributed by atoms with van der Waals surface area (Å²) in [6.45, 7) is 1.58. The molecule has 3 aromatic rings. The van der Waals surface area contributed by atoms with Crippen molar-refractivity contribution < 1.29 is 14.9 Å². The summed E-state index contributed by atoms with van der Waals surface area (Å²) in [6, 6.07) is 10.2. The SMILES string of the molecule is Nc1ncnc2c1c(Br)cn2[C@@H]1O[C@H](CC/C=C/CNCc2ccccc2)[C@@H](O)[C@H]1O. The summed E-state index contributed by atoms with van der Waals surface area (Å²) in [5, 5.41) is 25.1. The lowest BCUT2D eigenvalue weighted by molar-refractivity contribution is -0.0363. The summed E-state index contributed by atoms with van der Waals surface area (Å²) >= 11 is 3.46. The van der Waals surface area contributed by atoms with Crippen molar-refractivity contribution in [2.24, 2.45) is 0 Å². The van der Waals surface area contributed by atoms with Crippen LogP contribution in [0.3, 0.4) is 0 Å². The predicted molar refractivity (Wildman–Crippen MR) is 122 cm³/mol. The van der Waals surface area contributed by atoms with Gasteiger partial charge in [0.05, 0.1) is 11.5 Å². The number of benzene rings is 1. The molecule has 0 bridgehead atoms. The van der Waals surface area contributed by atoms with Gasteiger partial charge >= 0.3 is 0 Å². The molecule has 4 rings (SSSR count). The van der Waals surface area contributed by atoms with Crippen molar-refractivity contribution >= 4 is 32.8 Å². The van der Waals surface area contributed by atoms with Crippen LogP contribution in [0.25, 0.3) is 11.0 Å². The number of nitrogens with two attached hydrogens (primary N) is 1. The molecule has 164 valence electrons. The fraction of sp³-hybridized carbons (Fsp3) is 0.364. The number of allylic oxidation sites excluding steroid dienone is 1. The minimum absolute atomic E-state index is 0.339. The summed E-state index contributed by atoms with van der Waals surface area (Å²) in [5.41, 5.74) is 7.73. The first-order chi connectivity index (χ1) is 15.1. The van der Waals surface area contributed by atoms with E-state index in [-0.39, 0.29) is 0 Å². The summed E-state index contributed by atoms with van der Waals surface area (Å²) in [6.07, 6.45) is 5.30. The first-order valence-electron chi connectivity index (χ1n) is 10.2. The van der Waals surface area contributed by atoms with Crippen LogP contribution < -0.4 is 11.1 Å². The third-order valence-electron chi connectivity index (χ3n) is 5.42. The molecule has 31 heavy (non-hydrogen) atoms. The fourth-order valence-electron chi connectivity index (χ4n) is 3.81. The van der Waals surface area contributed by atoms with Gasteiger partial charge in [0.2, 0.25) is 0 Å². The summed E-state index contributed by atoms with van der Waals surface area (Å²) in [7, 11) is 0. The fourth-order valence-corrected chi connectivity index (χ4v) is 4.41. The lowest BCUT2D eigenvalue weighted by Crippen LogP contribution is -2.31. The van der Waals surface area contributed by atoms with Gasteiger partial charge in [-0.05, 0) is 34.3 Å². The average Bonchev–Trinajstić information content (AvgIpc) is 3.26. The van der Waals surface area contributed by atoms with Gasteiger partial charge in [0.15, 0.2) is 6.23 Å². The highest BCUT2D eigenvalue weighted by molar-refractivity contribution is 9.10. The number of ether oxygens (including phenoxy) is 1. The van der Waals surface area contributed by atoms with Crippen LogP contribution >= 0.6 is 15.9 Å². The number of rotatable bonds is 8. The Hall–Kier alpha value is -2.30. The van der Waals surface area contributed by atoms with Crippen LogP contribution in [0, 0.1) is 0 Å². The Morgan fingerprint density at radius 1 is 1.16 bits per heavy atom. The number of aliphatic hydroxyl groups is 2. The number of hydrogen-bond acceptors (Lipinski definition) is 7. The third kappa shape index (κ3) is 4.81. The summed E-state index contributed by atoms with van der Waals surface area (Å²) in [5.74, 6) is 0.339. The van der Waals surface area contributed by atoms with Gasteiger partial charge < -0.3 is 30.6 Å². The Bertz CT molecular complexity index is 1040. The minimum atomic E-state index is -1.07. The number of anilines is 1. The second-order valence-corrected chi connectivity index (χ2v) is 8.41. The van der Waals surface area contributed by atoms with Gasteiger partial charge in [0.25, 0.3) is 0 Å². The summed E-state index contributed by atoms with van der Waals surface area (Å²) < 4.78 is 8.41. The standard InChI is InChI=1S/C22H26BrN5O3/c23-15-12-28(21-17(15)20(24)26-13-27-21)22-19(30)18(29)16(31-22)9-5-2-6-10-25-11-14-7-3-1-4-8-14/h1-4,6-8,12-13,16,18-19,22,25,29-30H,5,9-11H2,(H2,24,26,27)/b6-2+/t16-,18-,19-,22-/m1/s1. The quantitative estimate of drug-likeness (QED) is 0.284. The number of hydrogen-bond donors (Lipinski definition) is 4. The van der Waals surface area contributed by atoms with Crippen LogP contribution in [0.4, 0.5) is 5.82 Å². The van der Waals surface area contributed by atoms with Crippen LogP contribution in [0.5, 0.6) is 0 Å². The number of halogens is 1. The topological polar surface area (TPSA) is 118 Å². The van der Waals surface area contributed by atoms with E-state index in [0.717, 1.165) is 19.5 Å². The molecule has 0 saturated carbocycles. The molecule has 0 amide bonds. The van der Waals surface area contributed by atoms with Crippen LogP contribution in [-0.4, -0.2) is 49.6 Å². The molecular weight excluding hydrogens is 462 g/mol. The zero-order valence-corrected chi connectivity index (χ0v) is 18.5. The molecule has 1 fully saturated rings. The Kier molecular flexibility index (Phi) is 6.99. The maximum Gasteiger partial charge on any atom is 0.164 e. The highest BCUT2D eigenvalue weighted by Gasteiger charge is 2.43. The van der Waals surface area contributed by atoms with Gasteiger partial charge in [-0.2, -0.15) is 0 Å². The molecule has 0 aliphatic carbocycles. The molecule has 4 atom stereocenters. The number of aliphatic hydroxyl groups excluding tert-OH is 2. The second-order valence-electron chi connectivity index (χ2n) is 7.55. The predicted octanol–water partition coefficient (Wildman–Crippen LogP) is 2.52. The Labute approximate surface area is 188 Å². The van der Waals surface area contributed by atoms with E-state index in [4.69, 9.17) is 10.5 Å². The first kappa shape index (κ1) is 21.9. The first-order valence-corrected chi connectivity index (χ1v) is 11.0. The van der Waals surface area contributed by atoms with Gasteiger partial charge in [-0.3, -0.25) is 0 Å². The second kappa shape index (κ2) is 9.88. The smallest absolute Gasteiger partial charge is 0.164 e. The lowest BCUT2D eigenvalue weighted by Gasteiger charge is -2.17. The van der Waals surface area contributed by atoms with E-state index in [2.05, 4.69) is 55.5 Å². The third-order valence-corrected chi connectivity index (χ3v) is 6.02. The number of fused-ring (bicyclic) bond motifs is 1. The van der Waals surface area contributed by atoms with Gasteiger partial charge in [0, 0.05) is 23.8 Å². The number of aromatic nitrogens is 3. The highest BCUT2D eigenvalue weighted by Crippen LogP contribution is 2.37.